The average Bonchev–Trinajstić information content (AvgIpc) is 3.17. The number of hydrogen-bond acceptors (Lipinski definition) is 3. The van der Waals surface area contributed by atoms with E-state index in [1.807, 2.05) is 24.5 Å². The lowest BCUT2D eigenvalue weighted by Gasteiger charge is -2.39. The number of nitrogens with one attached hydrogen (secondary N) is 2. The molecule has 2 aromatic rings. The van der Waals surface area contributed by atoms with Crippen molar-refractivity contribution in [2.24, 2.45) is 5.92 Å². The molecule has 0 aromatic carbocycles. The molecule has 0 aliphatic carbocycles. The van der Waals surface area contributed by atoms with Crippen LogP contribution in [0.4, 0.5) is 5.69 Å². The van der Waals surface area contributed by atoms with E-state index >= 15 is 0 Å². The van der Waals surface area contributed by atoms with Gasteiger partial charge in [0.15, 0.2) is 0 Å². The summed E-state index contributed by atoms with van der Waals surface area (Å²) < 4.78 is 0. The van der Waals surface area contributed by atoms with Crippen LogP contribution in [0.2, 0.25) is 0 Å². The second-order valence-corrected chi connectivity index (χ2v) is 6.56. The Hall–Kier alpha value is -2.30. The van der Waals surface area contributed by atoms with Crippen molar-refractivity contribution >= 4 is 22.6 Å². The highest BCUT2D eigenvalue weighted by Crippen LogP contribution is 2.39. The number of H-pyrrole nitrogens is 1. The number of anilines is 1. The third-order valence-electron chi connectivity index (χ3n) is 5.41. The zero-order chi connectivity index (χ0) is 15.8. The van der Waals surface area contributed by atoms with Crippen LogP contribution in [0, 0.1) is 5.92 Å². The lowest BCUT2D eigenvalue weighted by molar-refractivity contribution is -0.131. The molecule has 4 heterocycles. The molecule has 5 heteroatoms. The predicted molar refractivity (Wildman–Crippen MR) is 91.2 cm³/mol. The molecule has 0 saturated carbocycles. The molecule has 4 rings (SSSR count). The van der Waals surface area contributed by atoms with E-state index in [2.05, 4.69) is 26.8 Å². The molecule has 2 aliphatic heterocycles. The summed E-state index contributed by atoms with van der Waals surface area (Å²) in [6.07, 6.45) is 9.75. The van der Waals surface area contributed by atoms with Crippen molar-refractivity contribution in [3.8, 4) is 0 Å². The van der Waals surface area contributed by atoms with Gasteiger partial charge in [0.2, 0.25) is 5.91 Å². The van der Waals surface area contributed by atoms with Gasteiger partial charge in [0.25, 0.3) is 0 Å². The summed E-state index contributed by atoms with van der Waals surface area (Å²) in [5, 5.41) is 4.70. The fraction of sp³-hybridized carbons (Fsp3) is 0.444. The molecule has 2 fully saturated rings. The molecule has 0 radical (unpaired) electrons. The van der Waals surface area contributed by atoms with Gasteiger partial charge in [-0.2, -0.15) is 0 Å². The second kappa shape index (κ2) is 5.72. The van der Waals surface area contributed by atoms with E-state index in [0.717, 1.165) is 42.5 Å². The molecule has 2 bridgehead atoms. The molecule has 2 aromatic heterocycles. The first kappa shape index (κ1) is 14.3. The highest BCUT2D eigenvalue weighted by Gasteiger charge is 2.43. The molecule has 120 valence electrons. The van der Waals surface area contributed by atoms with Gasteiger partial charge in [0.05, 0.1) is 0 Å². The summed E-state index contributed by atoms with van der Waals surface area (Å²) in [7, 11) is 0. The molecule has 3 unspecified atom stereocenters. The fourth-order valence-electron chi connectivity index (χ4n) is 4.30. The number of aromatic nitrogens is 2. The highest BCUT2D eigenvalue weighted by atomic mass is 16.2. The summed E-state index contributed by atoms with van der Waals surface area (Å²) in [6, 6.07) is 4.85. The molecule has 5 nitrogen and oxygen atoms in total. The van der Waals surface area contributed by atoms with Crippen LogP contribution in [0.1, 0.15) is 25.7 Å². The van der Waals surface area contributed by atoms with Gasteiger partial charge >= 0.3 is 0 Å². The normalized spacial score (nSPS) is 26.4. The SMILES string of the molecule is C=CC(=O)N1C2CCC(CNc3ccnc4[nH]ccc34)C1CC2. The second-order valence-electron chi connectivity index (χ2n) is 6.56. The van der Waals surface area contributed by atoms with Gasteiger partial charge in [0, 0.05) is 42.1 Å². The number of nitrogens with zero attached hydrogens (tertiary/aromatic N) is 2. The number of pyridine rings is 1. The molecule has 0 spiro atoms. The van der Waals surface area contributed by atoms with E-state index in [4.69, 9.17) is 0 Å². The molecule has 2 N–H and O–H groups in total. The van der Waals surface area contributed by atoms with Crippen LogP contribution in [0.25, 0.3) is 11.0 Å². The van der Waals surface area contributed by atoms with Crippen molar-refractivity contribution in [1.82, 2.24) is 14.9 Å². The van der Waals surface area contributed by atoms with Crippen molar-refractivity contribution in [2.75, 3.05) is 11.9 Å². The molecular weight excluding hydrogens is 288 g/mol. The molecular formula is C18H22N4O. The van der Waals surface area contributed by atoms with Gasteiger partial charge in [-0.05, 0) is 49.8 Å². The number of amides is 1. The fourth-order valence-corrected chi connectivity index (χ4v) is 4.30. The first-order valence-electron chi connectivity index (χ1n) is 8.38. The summed E-state index contributed by atoms with van der Waals surface area (Å²) in [6.45, 7) is 4.55. The van der Waals surface area contributed by atoms with Crippen molar-refractivity contribution in [2.45, 2.75) is 37.8 Å². The van der Waals surface area contributed by atoms with Gasteiger partial charge < -0.3 is 15.2 Å². The number of hydrogen-bond donors (Lipinski definition) is 2. The Bertz CT molecular complexity index is 737. The van der Waals surface area contributed by atoms with Crippen LogP contribution in [-0.2, 0) is 4.79 Å². The van der Waals surface area contributed by atoms with Gasteiger partial charge in [-0.25, -0.2) is 4.98 Å². The maximum absolute atomic E-state index is 12.2. The van der Waals surface area contributed by atoms with Crippen molar-refractivity contribution < 1.29 is 4.79 Å². The van der Waals surface area contributed by atoms with Gasteiger partial charge in [0.1, 0.15) is 5.65 Å². The zero-order valence-electron chi connectivity index (χ0n) is 13.2. The number of piperidine rings is 1. The standard InChI is InChI=1S/C18H22N4O/c1-2-17(23)22-13-4-3-12(16(22)6-5-13)11-21-15-8-10-20-18-14(15)7-9-19-18/h2,7-10,12-13,16H,1,3-6,11H2,(H2,19,20,21). The predicted octanol–water partition coefficient (Wildman–Crippen LogP) is 2.93. The van der Waals surface area contributed by atoms with Crippen LogP contribution in [0.15, 0.2) is 37.2 Å². The first-order valence-corrected chi connectivity index (χ1v) is 8.38. The third-order valence-corrected chi connectivity index (χ3v) is 5.41. The number of fused-ring (bicyclic) bond motifs is 3. The topological polar surface area (TPSA) is 61.0 Å². The molecule has 1 amide bonds. The Labute approximate surface area is 135 Å². The van der Waals surface area contributed by atoms with Crippen LogP contribution in [-0.4, -0.2) is 39.4 Å². The highest BCUT2D eigenvalue weighted by molar-refractivity contribution is 5.89. The van der Waals surface area contributed by atoms with E-state index < -0.39 is 0 Å². The van der Waals surface area contributed by atoms with E-state index in [1.54, 1.807) is 0 Å². The number of carbonyl (C=O) groups excluding carboxylic acids is 1. The number of aromatic amines is 1. The minimum absolute atomic E-state index is 0.0964. The Morgan fingerprint density at radius 1 is 1.39 bits per heavy atom. The van der Waals surface area contributed by atoms with Gasteiger partial charge in [-0.3, -0.25) is 4.79 Å². The number of carbonyl (C=O) groups is 1. The Kier molecular flexibility index (Phi) is 3.56. The lowest BCUT2D eigenvalue weighted by atomic mass is 9.90. The van der Waals surface area contributed by atoms with E-state index in [9.17, 15) is 4.79 Å². The smallest absolute Gasteiger partial charge is 0.246 e. The Balaban J connectivity index is 1.50. The van der Waals surface area contributed by atoms with Crippen LogP contribution in [0.5, 0.6) is 0 Å². The lowest BCUT2D eigenvalue weighted by Crippen LogP contribution is -2.49. The molecule has 2 saturated heterocycles. The molecule has 2 aliphatic rings. The summed E-state index contributed by atoms with van der Waals surface area (Å²) >= 11 is 0. The van der Waals surface area contributed by atoms with E-state index in [1.165, 1.54) is 12.5 Å². The summed E-state index contributed by atoms with van der Waals surface area (Å²) in [5.74, 6) is 0.596. The Morgan fingerprint density at radius 2 is 2.26 bits per heavy atom. The van der Waals surface area contributed by atoms with E-state index in [-0.39, 0.29) is 5.91 Å². The first-order chi connectivity index (χ1) is 11.3. The number of rotatable bonds is 4. The summed E-state index contributed by atoms with van der Waals surface area (Å²) in [5.41, 5.74) is 2.01. The van der Waals surface area contributed by atoms with Crippen molar-refractivity contribution in [1.29, 1.82) is 0 Å². The molecule has 3 atom stereocenters. The minimum atomic E-state index is 0.0964. The van der Waals surface area contributed by atoms with Crippen molar-refractivity contribution in [3.63, 3.8) is 0 Å². The maximum atomic E-state index is 12.2. The van der Waals surface area contributed by atoms with E-state index in [0.29, 0.717) is 18.0 Å². The quantitative estimate of drug-likeness (QED) is 0.854. The summed E-state index contributed by atoms with van der Waals surface area (Å²) in [4.78, 5) is 21.7. The largest absolute Gasteiger partial charge is 0.384 e. The zero-order valence-corrected chi connectivity index (χ0v) is 13.2. The molecule has 23 heavy (non-hydrogen) atoms. The maximum Gasteiger partial charge on any atom is 0.246 e. The monoisotopic (exact) mass is 310 g/mol. The average molecular weight is 310 g/mol. The Morgan fingerprint density at radius 3 is 3.13 bits per heavy atom. The van der Waals surface area contributed by atoms with Crippen LogP contribution >= 0.6 is 0 Å². The van der Waals surface area contributed by atoms with Gasteiger partial charge in [-0.1, -0.05) is 6.58 Å². The van der Waals surface area contributed by atoms with Crippen molar-refractivity contribution in [3.05, 3.63) is 37.2 Å². The van der Waals surface area contributed by atoms with Crippen LogP contribution < -0.4 is 5.32 Å². The van der Waals surface area contributed by atoms with Crippen LogP contribution in [0.3, 0.4) is 0 Å². The minimum Gasteiger partial charge on any atom is -0.384 e. The third kappa shape index (κ3) is 2.40. The van der Waals surface area contributed by atoms with Gasteiger partial charge in [-0.15, -0.1) is 0 Å².